The Labute approximate surface area is 93.9 Å². The Bertz CT molecular complexity index is 207. The predicted octanol–water partition coefficient (Wildman–Crippen LogP) is 0.917. The van der Waals surface area contributed by atoms with Crippen molar-refractivity contribution in [1.82, 2.24) is 9.80 Å². The van der Waals surface area contributed by atoms with Crippen LogP contribution in [0.25, 0.3) is 0 Å². The van der Waals surface area contributed by atoms with Crippen molar-refractivity contribution in [1.29, 1.82) is 0 Å². The number of hydrogen-bond donors (Lipinski definition) is 1. The zero-order valence-corrected chi connectivity index (χ0v) is 10.4. The third-order valence-corrected chi connectivity index (χ3v) is 3.52. The fourth-order valence-corrected chi connectivity index (χ4v) is 2.25. The molecule has 3 nitrogen and oxygen atoms in total. The average molecular weight is 211 g/mol. The molecular weight excluding hydrogens is 186 g/mol. The van der Waals surface area contributed by atoms with Crippen LogP contribution in [0.1, 0.15) is 19.3 Å². The van der Waals surface area contributed by atoms with Gasteiger partial charge in [-0.15, -0.1) is 0 Å². The monoisotopic (exact) mass is 211 g/mol. The van der Waals surface area contributed by atoms with Crippen LogP contribution in [-0.4, -0.2) is 56.1 Å². The topological polar surface area (TPSA) is 32.5 Å². The zero-order chi connectivity index (χ0) is 11.3. The normalized spacial score (nSPS) is 20.1. The van der Waals surface area contributed by atoms with E-state index < -0.39 is 0 Å². The fourth-order valence-electron chi connectivity index (χ4n) is 2.25. The quantitative estimate of drug-likeness (QED) is 0.663. The summed E-state index contributed by atoms with van der Waals surface area (Å²) < 4.78 is 0. The first-order chi connectivity index (χ1) is 7.10. The summed E-state index contributed by atoms with van der Waals surface area (Å²) in [6.45, 7) is 2.81. The van der Waals surface area contributed by atoms with Crippen LogP contribution in [0.3, 0.4) is 0 Å². The lowest BCUT2D eigenvalue weighted by atomic mass is 9.75. The molecule has 0 unspecified atom stereocenters. The third kappa shape index (κ3) is 3.30. The van der Waals surface area contributed by atoms with E-state index in [1.807, 2.05) is 6.08 Å². The Balaban J connectivity index is 2.35. The first-order valence-corrected chi connectivity index (χ1v) is 5.82. The van der Waals surface area contributed by atoms with E-state index >= 15 is 0 Å². The van der Waals surface area contributed by atoms with E-state index in [0.29, 0.717) is 12.1 Å². The molecule has 0 heterocycles. The number of rotatable bonds is 6. The van der Waals surface area contributed by atoms with Crippen molar-refractivity contribution in [3.8, 4) is 0 Å². The summed E-state index contributed by atoms with van der Waals surface area (Å²) in [7, 11) is 6.58. The highest BCUT2D eigenvalue weighted by Crippen LogP contribution is 2.36. The molecule has 1 saturated carbocycles. The number of nitrogens with two attached hydrogens (primary N) is 1. The van der Waals surface area contributed by atoms with E-state index in [0.717, 1.165) is 13.1 Å². The molecule has 0 radical (unpaired) electrons. The molecule has 0 bridgehead atoms. The summed E-state index contributed by atoms with van der Waals surface area (Å²) in [5.41, 5.74) is 5.85. The van der Waals surface area contributed by atoms with Crippen molar-refractivity contribution in [2.75, 3.05) is 40.8 Å². The molecule has 0 aromatic rings. The van der Waals surface area contributed by atoms with Gasteiger partial charge in [-0.25, -0.2) is 0 Å². The van der Waals surface area contributed by atoms with Gasteiger partial charge >= 0.3 is 0 Å². The van der Waals surface area contributed by atoms with Gasteiger partial charge in [0.15, 0.2) is 0 Å². The van der Waals surface area contributed by atoms with Crippen LogP contribution in [-0.2, 0) is 0 Å². The maximum absolute atomic E-state index is 5.41. The fraction of sp³-hybridized carbons (Fsp3) is 0.833. The van der Waals surface area contributed by atoms with Gasteiger partial charge in [0.25, 0.3) is 0 Å². The van der Waals surface area contributed by atoms with Crippen molar-refractivity contribution in [3.63, 3.8) is 0 Å². The smallest absolute Gasteiger partial charge is 0.0330 e. The molecule has 1 aliphatic carbocycles. The average Bonchev–Trinajstić information content (AvgIpc) is 2.11. The van der Waals surface area contributed by atoms with Crippen LogP contribution in [0.2, 0.25) is 0 Å². The predicted molar refractivity (Wildman–Crippen MR) is 66.0 cm³/mol. The molecule has 2 N–H and O–H groups in total. The molecule has 15 heavy (non-hydrogen) atoms. The van der Waals surface area contributed by atoms with E-state index in [4.69, 9.17) is 5.73 Å². The van der Waals surface area contributed by atoms with Crippen molar-refractivity contribution in [2.45, 2.75) is 24.8 Å². The molecule has 1 rings (SSSR count). The van der Waals surface area contributed by atoms with Crippen LogP contribution < -0.4 is 5.73 Å². The molecular formula is C12H25N3. The Morgan fingerprint density at radius 2 is 1.87 bits per heavy atom. The van der Waals surface area contributed by atoms with Gasteiger partial charge in [0, 0.05) is 25.2 Å². The minimum Gasteiger partial charge on any atom is -0.327 e. The molecule has 1 aliphatic rings. The van der Waals surface area contributed by atoms with E-state index in [1.54, 1.807) is 0 Å². The third-order valence-electron chi connectivity index (χ3n) is 3.52. The molecule has 88 valence electrons. The van der Waals surface area contributed by atoms with Gasteiger partial charge < -0.3 is 15.5 Å². The highest BCUT2D eigenvalue weighted by molar-refractivity contribution is 4.98. The van der Waals surface area contributed by atoms with E-state index in [9.17, 15) is 0 Å². The molecule has 0 aromatic carbocycles. The summed E-state index contributed by atoms with van der Waals surface area (Å²) >= 11 is 0. The highest BCUT2D eigenvalue weighted by atomic mass is 15.2. The van der Waals surface area contributed by atoms with Gasteiger partial charge in [0.05, 0.1) is 0 Å². The second kappa shape index (κ2) is 5.64. The number of hydrogen-bond acceptors (Lipinski definition) is 3. The molecule has 3 heteroatoms. The van der Waals surface area contributed by atoms with Crippen molar-refractivity contribution < 1.29 is 0 Å². The summed E-state index contributed by atoms with van der Waals surface area (Å²) in [5.74, 6) is 0. The Morgan fingerprint density at radius 3 is 2.27 bits per heavy atom. The van der Waals surface area contributed by atoms with Gasteiger partial charge in [-0.3, -0.25) is 0 Å². The molecule has 0 atom stereocenters. The zero-order valence-electron chi connectivity index (χ0n) is 10.4. The van der Waals surface area contributed by atoms with Crippen LogP contribution in [0.5, 0.6) is 0 Å². The van der Waals surface area contributed by atoms with Crippen molar-refractivity contribution >= 4 is 0 Å². The molecule has 1 fully saturated rings. The van der Waals surface area contributed by atoms with Crippen molar-refractivity contribution in [3.05, 3.63) is 12.2 Å². The van der Waals surface area contributed by atoms with Gasteiger partial charge in [-0.2, -0.15) is 0 Å². The van der Waals surface area contributed by atoms with Gasteiger partial charge in [-0.1, -0.05) is 12.2 Å². The Morgan fingerprint density at radius 1 is 1.20 bits per heavy atom. The highest BCUT2D eigenvalue weighted by Gasteiger charge is 2.39. The molecule has 0 aliphatic heterocycles. The van der Waals surface area contributed by atoms with Gasteiger partial charge in [0.2, 0.25) is 0 Å². The lowest BCUT2D eigenvalue weighted by Crippen LogP contribution is -2.56. The van der Waals surface area contributed by atoms with E-state index in [-0.39, 0.29) is 0 Å². The minimum atomic E-state index is 0.436. The maximum atomic E-state index is 5.41. The molecule has 0 saturated heterocycles. The second-order valence-corrected chi connectivity index (χ2v) is 4.88. The summed E-state index contributed by atoms with van der Waals surface area (Å²) in [6, 6.07) is 0. The first-order valence-electron chi connectivity index (χ1n) is 5.82. The summed E-state index contributed by atoms with van der Waals surface area (Å²) in [6.07, 6.45) is 8.24. The minimum absolute atomic E-state index is 0.436. The van der Waals surface area contributed by atoms with E-state index in [1.165, 1.54) is 19.3 Å². The summed E-state index contributed by atoms with van der Waals surface area (Å²) in [5, 5.41) is 0. The van der Waals surface area contributed by atoms with Crippen LogP contribution in [0, 0.1) is 0 Å². The van der Waals surface area contributed by atoms with Crippen LogP contribution in [0.4, 0.5) is 0 Å². The summed E-state index contributed by atoms with van der Waals surface area (Å²) in [4.78, 5) is 4.77. The maximum Gasteiger partial charge on any atom is 0.0330 e. The standard InChI is InChI=1S/C12H25N3/c1-14(2)12(7-6-8-12)11-15(3)10-5-4-9-13/h4-5H,6-11,13H2,1-3H3/b5-4+. The second-order valence-electron chi connectivity index (χ2n) is 4.88. The van der Waals surface area contributed by atoms with Crippen LogP contribution >= 0.6 is 0 Å². The first kappa shape index (κ1) is 12.7. The van der Waals surface area contributed by atoms with E-state index in [2.05, 4.69) is 37.0 Å². The molecule has 0 amide bonds. The van der Waals surface area contributed by atoms with Gasteiger partial charge in [0.1, 0.15) is 0 Å². The Hall–Kier alpha value is -0.380. The Kier molecular flexibility index (Phi) is 4.77. The lowest BCUT2D eigenvalue weighted by molar-refractivity contribution is 0.0308. The molecule has 0 aromatic heterocycles. The largest absolute Gasteiger partial charge is 0.327 e. The SMILES string of the molecule is CN(C/C=C/CN)CC1(N(C)C)CCC1. The molecule has 0 spiro atoms. The van der Waals surface area contributed by atoms with Crippen LogP contribution in [0.15, 0.2) is 12.2 Å². The van der Waals surface area contributed by atoms with Gasteiger partial charge in [-0.05, 0) is 40.4 Å². The lowest BCUT2D eigenvalue weighted by Gasteiger charge is -2.49. The van der Waals surface area contributed by atoms with Crippen molar-refractivity contribution in [2.24, 2.45) is 5.73 Å². The number of likely N-dealkylation sites (N-methyl/N-ethyl adjacent to an activating group) is 2. The number of nitrogens with zero attached hydrogens (tertiary/aromatic N) is 2.